The number of nitrogens with one attached hydrogen (secondary N) is 1. The molecule has 0 amide bonds. The minimum atomic E-state index is 0.387. The largest absolute Gasteiger partial charge is 0.302 e. The van der Waals surface area contributed by atoms with Gasteiger partial charge in [0.2, 0.25) is 0 Å². The van der Waals surface area contributed by atoms with Gasteiger partial charge in [-0.25, -0.2) is 0 Å². The molecule has 2 unspecified atom stereocenters. The summed E-state index contributed by atoms with van der Waals surface area (Å²) < 4.78 is 1.22. The summed E-state index contributed by atoms with van der Waals surface area (Å²) in [7, 11) is 0. The summed E-state index contributed by atoms with van der Waals surface area (Å²) in [5, 5.41) is 8.05. The maximum atomic E-state index is 3.75. The first-order valence-corrected chi connectivity index (χ1v) is 8.80. The monoisotopic (exact) mass is 343 g/mol. The van der Waals surface area contributed by atoms with Gasteiger partial charge in [0.15, 0.2) is 0 Å². The van der Waals surface area contributed by atoms with Crippen LogP contribution in [0.25, 0.3) is 0 Å². The van der Waals surface area contributed by atoms with Crippen LogP contribution < -0.4 is 5.32 Å². The number of rotatable bonds is 6. The molecule has 1 nitrogen and oxygen atoms in total. The van der Waals surface area contributed by atoms with Crippen LogP contribution in [0.4, 0.5) is 0 Å². The Morgan fingerprint density at radius 3 is 2.67 bits per heavy atom. The lowest BCUT2D eigenvalue weighted by Crippen LogP contribution is -2.23. The summed E-state index contributed by atoms with van der Waals surface area (Å²) in [5.74, 6) is 0. The van der Waals surface area contributed by atoms with Crippen molar-refractivity contribution in [2.24, 2.45) is 0 Å². The van der Waals surface area contributed by atoms with Crippen molar-refractivity contribution in [1.29, 1.82) is 0 Å². The van der Waals surface area contributed by atoms with E-state index in [1.807, 2.05) is 22.7 Å². The summed E-state index contributed by atoms with van der Waals surface area (Å²) in [6.07, 6.45) is 2.39. The molecule has 2 aromatic heterocycles. The van der Waals surface area contributed by atoms with E-state index in [0.29, 0.717) is 12.1 Å². The van der Waals surface area contributed by atoms with Crippen LogP contribution in [0.5, 0.6) is 0 Å². The lowest BCUT2D eigenvalue weighted by atomic mass is 10.1. The molecule has 0 fully saturated rings. The van der Waals surface area contributed by atoms with E-state index in [4.69, 9.17) is 0 Å². The van der Waals surface area contributed by atoms with E-state index in [1.165, 1.54) is 27.1 Å². The zero-order valence-corrected chi connectivity index (χ0v) is 13.9. The number of hydrogen-bond acceptors (Lipinski definition) is 3. The van der Waals surface area contributed by atoms with Crippen molar-refractivity contribution >= 4 is 38.6 Å². The van der Waals surface area contributed by atoms with Gasteiger partial charge in [-0.3, -0.25) is 0 Å². The molecular weight excluding hydrogens is 326 g/mol. The fourth-order valence-electron chi connectivity index (χ4n) is 2.08. The van der Waals surface area contributed by atoms with Crippen LogP contribution in [0.1, 0.15) is 48.5 Å². The van der Waals surface area contributed by atoms with Crippen molar-refractivity contribution in [3.8, 4) is 0 Å². The molecule has 0 radical (unpaired) electrons. The Hall–Kier alpha value is -0.160. The molecule has 0 spiro atoms. The van der Waals surface area contributed by atoms with Crippen molar-refractivity contribution in [2.75, 3.05) is 0 Å². The smallest absolute Gasteiger partial charge is 0.0419 e. The van der Waals surface area contributed by atoms with E-state index in [0.717, 1.165) is 0 Å². The highest BCUT2D eigenvalue weighted by molar-refractivity contribution is 9.10. The highest BCUT2D eigenvalue weighted by Gasteiger charge is 2.17. The van der Waals surface area contributed by atoms with E-state index in [-0.39, 0.29) is 0 Å². The highest BCUT2D eigenvalue weighted by Crippen LogP contribution is 2.32. The lowest BCUT2D eigenvalue weighted by Gasteiger charge is -2.22. The molecule has 0 bridgehead atoms. The topological polar surface area (TPSA) is 12.0 Å². The predicted octanol–water partition coefficient (Wildman–Crippen LogP) is 5.76. The molecule has 2 rings (SSSR count). The minimum Gasteiger partial charge on any atom is -0.302 e. The van der Waals surface area contributed by atoms with Gasteiger partial charge in [0.25, 0.3) is 0 Å². The Kier molecular flexibility index (Phi) is 5.42. The molecule has 4 heteroatoms. The number of hydrogen-bond donors (Lipinski definition) is 1. The minimum absolute atomic E-state index is 0.387. The molecule has 18 heavy (non-hydrogen) atoms. The van der Waals surface area contributed by atoms with E-state index < -0.39 is 0 Å². The normalized spacial score (nSPS) is 14.6. The van der Waals surface area contributed by atoms with Crippen LogP contribution in [-0.4, -0.2) is 0 Å². The molecule has 2 atom stereocenters. The second-order valence-electron chi connectivity index (χ2n) is 4.38. The maximum absolute atomic E-state index is 3.75. The van der Waals surface area contributed by atoms with Crippen LogP contribution in [-0.2, 0) is 0 Å². The van der Waals surface area contributed by atoms with Crippen molar-refractivity contribution in [1.82, 2.24) is 5.32 Å². The molecule has 0 aliphatic rings. The highest BCUT2D eigenvalue weighted by atomic mass is 79.9. The summed E-state index contributed by atoms with van der Waals surface area (Å²) in [6.45, 7) is 4.49. The van der Waals surface area contributed by atoms with Gasteiger partial charge < -0.3 is 5.32 Å². The van der Waals surface area contributed by atoms with E-state index in [2.05, 4.69) is 64.1 Å². The second kappa shape index (κ2) is 6.85. The Morgan fingerprint density at radius 1 is 1.28 bits per heavy atom. The molecule has 2 aromatic rings. The van der Waals surface area contributed by atoms with Crippen molar-refractivity contribution in [3.05, 3.63) is 43.2 Å². The van der Waals surface area contributed by atoms with Gasteiger partial charge in [-0.1, -0.05) is 19.4 Å². The quantitative estimate of drug-likeness (QED) is 0.702. The van der Waals surface area contributed by atoms with Crippen molar-refractivity contribution in [2.45, 2.75) is 38.8 Å². The lowest BCUT2D eigenvalue weighted by molar-refractivity contribution is 0.448. The molecule has 0 saturated heterocycles. The first kappa shape index (κ1) is 14.3. The predicted molar refractivity (Wildman–Crippen MR) is 85.5 cm³/mol. The Bertz CT molecular complexity index is 464. The van der Waals surface area contributed by atoms with Gasteiger partial charge in [0.05, 0.1) is 0 Å². The first-order chi connectivity index (χ1) is 8.72. The summed E-state index contributed by atoms with van der Waals surface area (Å²) in [5.41, 5.74) is 0. The summed E-state index contributed by atoms with van der Waals surface area (Å²) in [4.78, 5) is 2.82. The molecule has 98 valence electrons. The average Bonchev–Trinajstić information content (AvgIpc) is 2.98. The van der Waals surface area contributed by atoms with Gasteiger partial charge in [0.1, 0.15) is 0 Å². The summed E-state index contributed by atoms with van der Waals surface area (Å²) in [6, 6.07) is 7.35. The average molecular weight is 344 g/mol. The number of thiophene rings is 2. The molecular formula is C14H18BrNS2. The second-order valence-corrected chi connectivity index (χ2v) is 7.16. The van der Waals surface area contributed by atoms with Crippen LogP contribution in [0.3, 0.4) is 0 Å². The van der Waals surface area contributed by atoms with Crippen LogP contribution in [0.15, 0.2) is 33.4 Å². The Balaban J connectivity index is 2.07. The fourth-order valence-corrected chi connectivity index (χ4v) is 4.63. The molecule has 0 saturated carbocycles. The maximum Gasteiger partial charge on any atom is 0.0419 e. The van der Waals surface area contributed by atoms with Crippen LogP contribution >= 0.6 is 38.6 Å². The van der Waals surface area contributed by atoms with Gasteiger partial charge in [-0.15, -0.1) is 22.7 Å². The standard InChI is InChI=1S/C14H18BrNS2/c1-3-5-12(13-6-4-8-17-13)16-10(2)14-11(15)7-9-18-14/h4,6-10,12,16H,3,5H2,1-2H3. The molecule has 0 aliphatic heterocycles. The third-order valence-corrected chi connectivity index (χ3v) is 5.99. The zero-order valence-electron chi connectivity index (χ0n) is 10.7. The van der Waals surface area contributed by atoms with Crippen molar-refractivity contribution < 1.29 is 0 Å². The van der Waals surface area contributed by atoms with E-state index in [1.54, 1.807) is 0 Å². The third-order valence-electron chi connectivity index (χ3n) is 2.95. The van der Waals surface area contributed by atoms with E-state index in [9.17, 15) is 0 Å². The Labute approximate surface area is 125 Å². The molecule has 0 aromatic carbocycles. The zero-order chi connectivity index (χ0) is 13.0. The fraction of sp³-hybridized carbons (Fsp3) is 0.429. The van der Waals surface area contributed by atoms with E-state index >= 15 is 0 Å². The van der Waals surface area contributed by atoms with Gasteiger partial charge in [0, 0.05) is 26.3 Å². The van der Waals surface area contributed by atoms with Crippen LogP contribution in [0.2, 0.25) is 0 Å². The first-order valence-electron chi connectivity index (χ1n) is 6.24. The van der Waals surface area contributed by atoms with Crippen LogP contribution in [0, 0.1) is 0 Å². The number of halogens is 1. The van der Waals surface area contributed by atoms with Gasteiger partial charge in [-0.05, 0) is 52.2 Å². The van der Waals surface area contributed by atoms with Crippen molar-refractivity contribution in [3.63, 3.8) is 0 Å². The van der Waals surface area contributed by atoms with Gasteiger partial charge >= 0.3 is 0 Å². The molecule has 1 N–H and O–H groups in total. The molecule has 0 aliphatic carbocycles. The summed E-state index contributed by atoms with van der Waals surface area (Å²) >= 11 is 7.27. The SMILES string of the molecule is CCCC(NC(C)c1sccc1Br)c1cccs1. The third kappa shape index (κ3) is 3.44. The Morgan fingerprint density at radius 2 is 2.11 bits per heavy atom. The molecule has 2 heterocycles. The van der Waals surface area contributed by atoms with Gasteiger partial charge in [-0.2, -0.15) is 0 Å².